The van der Waals surface area contributed by atoms with Gasteiger partial charge in [0.15, 0.2) is 0 Å². The molecule has 0 spiro atoms. The topological polar surface area (TPSA) is 67.9 Å². The molecular weight excluding hydrogens is 356 g/mol. The number of para-hydroxylation sites is 1. The Morgan fingerprint density at radius 1 is 1.14 bits per heavy atom. The van der Waals surface area contributed by atoms with E-state index in [0.717, 1.165) is 11.3 Å². The normalized spacial score (nSPS) is 17.6. The van der Waals surface area contributed by atoms with Gasteiger partial charge in [0.05, 0.1) is 26.2 Å². The Kier molecular flexibility index (Phi) is 7.03. The Morgan fingerprint density at radius 2 is 1.82 bits per heavy atom. The number of nitrogens with zero attached hydrogens (tertiary/aromatic N) is 1. The third-order valence-electron chi connectivity index (χ3n) is 4.64. The van der Waals surface area contributed by atoms with Crippen molar-refractivity contribution in [2.45, 2.75) is 25.5 Å². The highest BCUT2D eigenvalue weighted by molar-refractivity contribution is 5.87. The van der Waals surface area contributed by atoms with Crippen LogP contribution in [0.2, 0.25) is 0 Å². The number of amides is 2. The summed E-state index contributed by atoms with van der Waals surface area (Å²) in [4.78, 5) is 26.6. The fourth-order valence-electron chi connectivity index (χ4n) is 3.15. The lowest BCUT2D eigenvalue weighted by Gasteiger charge is -2.34. The lowest BCUT2D eigenvalue weighted by atomic mass is 10.1. The summed E-state index contributed by atoms with van der Waals surface area (Å²) >= 11 is 0. The standard InChI is InChI=1S/C22H26N2O4/c1-17(23-21(25)12-14-27-19-10-6-3-7-11-19)22(26)24-13-15-28-20(16-24)18-8-4-2-5-9-18/h2-11,17,20H,12-16H2,1H3,(H,23,25)/t17-,20?/m1/s1. The number of carbonyl (C=O) groups is 2. The first-order chi connectivity index (χ1) is 13.6. The van der Waals surface area contributed by atoms with Crippen LogP contribution >= 0.6 is 0 Å². The summed E-state index contributed by atoms with van der Waals surface area (Å²) in [6.45, 7) is 3.48. The van der Waals surface area contributed by atoms with Crippen LogP contribution in [0.25, 0.3) is 0 Å². The molecule has 6 nitrogen and oxygen atoms in total. The molecule has 1 fully saturated rings. The lowest BCUT2D eigenvalue weighted by molar-refractivity contribution is -0.142. The Balaban J connectivity index is 1.45. The number of rotatable bonds is 7. The molecule has 1 aliphatic rings. The van der Waals surface area contributed by atoms with Gasteiger partial charge in [0.2, 0.25) is 11.8 Å². The first-order valence-corrected chi connectivity index (χ1v) is 9.56. The molecule has 1 unspecified atom stereocenters. The fraction of sp³-hybridized carbons (Fsp3) is 0.364. The summed E-state index contributed by atoms with van der Waals surface area (Å²) in [5.74, 6) is 0.422. The van der Waals surface area contributed by atoms with Gasteiger partial charge in [-0.05, 0) is 24.6 Å². The van der Waals surface area contributed by atoms with E-state index in [4.69, 9.17) is 9.47 Å². The molecule has 0 radical (unpaired) electrons. The van der Waals surface area contributed by atoms with Gasteiger partial charge in [-0.15, -0.1) is 0 Å². The number of carbonyl (C=O) groups excluding carboxylic acids is 2. The molecule has 2 aromatic carbocycles. The third-order valence-corrected chi connectivity index (χ3v) is 4.64. The van der Waals surface area contributed by atoms with Crippen LogP contribution in [0.15, 0.2) is 60.7 Å². The average Bonchev–Trinajstić information content (AvgIpc) is 2.74. The van der Waals surface area contributed by atoms with Gasteiger partial charge in [-0.25, -0.2) is 0 Å². The highest BCUT2D eigenvalue weighted by atomic mass is 16.5. The first-order valence-electron chi connectivity index (χ1n) is 9.56. The van der Waals surface area contributed by atoms with Crippen molar-refractivity contribution >= 4 is 11.8 Å². The second-order valence-corrected chi connectivity index (χ2v) is 6.76. The highest BCUT2D eigenvalue weighted by Crippen LogP contribution is 2.22. The molecule has 0 aromatic heterocycles. The second kappa shape index (κ2) is 9.90. The van der Waals surface area contributed by atoms with Gasteiger partial charge >= 0.3 is 0 Å². The van der Waals surface area contributed by atoms with Gasteiger partial charge in [-0.2, -0.15) is 0 Å². The molecule has 0 aliphatic carbocycles. The molecule has 1 saturated heterocycles. The largest absolute Gasteiger partial charge is 0.493 e. The van der Waals surface area contributed by atoms with Gasteiger partial charge in [-0.1, -0.05) is 48.5 Å². The summed E-state index contributed by atoms with van der Waals surface area (Å²) < 4.78 is 11.3. The zero-order valence-electron chi connectivity index (χ0n) is 16.0. The summed E-state index contributed by atoms with van der Waals surface area (Å²) in [6.07, 6.45) is 0.0588. The van der Waals surface area contributed by atoms with Gasteiger partial charge in [-0.3, -0.25) is 9.59 Å². The molecule has 1 heterocycles. The minimum absolute atomic E-state index is 0.0958. The minimum Gasteiger partial charge on any atom is -0.493 e. The predicted octanol–water partition coefficient (Wildman–Crippen LogP) is 2.56. The van der Waals surface area contributed by atoms with Crippen molar-refractivity contribution in [3.05, 3.63) is 66.2 Å². The lowest BCUT2D eigenvalue weighted by Crippen LogP contribution is -2.51. The molecule has 0 saturated carbocycles. The molecule has 0 bridgehead atoms. The van der Waals surface area contributed by atoms with Crippen LogP contribution in [-0.4, -0.2) is 49.1 Å². The van der Waals surface area contributed by atoms with Gasteiger partial charge in [0.1, 0.15) is 17.9 Å². The van der Waals surface area contributed by atoms with Crippen LogP contribution in [0.1, 0.15) is 25.0 Å². The Bertz CT molecular complexity index is 767. The fourth-order valence-corrected chi connectivity index (χ4v) is 3.15. The zero-order valence-corrected chi connectivity index (χ0v) is 16.0. The van der Waals surface area contributed by atoms with Crippen molar-refractivity contribution in [1.82, 2.24) is 10.2 Å². The maximum atomic E-state index is 12.7. The number of morpholine rings is 1. The van der Waals surface area contributed by atoms with Crippen LogP contribution in [0, 0.1) is 0 Å². The van der Waals surface area contributed by atoms with Crippen molar-refractivity contribution < 1.29 is 19.1 Å². The SMILES string of the molecule is C[C@@H](NC(=O)CCOc1ccccc1)C(=O)N1CCOC(c2ccccc2)C1. The maximum absolute atomic E-state index is 12.7. The van der Waals surface area contributed by atoms with E-state index in [9.17, 15) is 9.59 Å². The maximum Gasteiger partial charge on any atom is 0.245 e. The quantitative estimate of drug-likeness (QED) is 0.799. The Morgan fingerprint density at radius 3 is 2.54 bits per heavy atom. The monoisotopic (exact) mass is 382 g/mol. The summed E-state index contributed by atoms with van der Waals surface area (Å²) in [5, 5.41) is 2.77. The number of ether oxygens (including phenoxy) is 2. The van der Waals surface area contributed by atoms with Crippen molar-refractivity contribution in [1.29, 1.82) is 0 Å². The third kappa shape index (κ3) is 5.57. The minimum atomic E-state index is -0.584. The number of hydrogen-bond acceptors (Lipinski definition) is 4. The molecule has 1 aliphatic heterocycles. The molecule has 6 heteroatoms. The Labute approximate surface area is 165 Å². The average molecular weight is 382 g/mol. The van der Waals surface area contributed by atoms with E-state index < -0.39 is 6.04 Å². The highest BCUT2D eigenvalue weighted by Gasteiger charge is 2.28. The van der Waals surface area contributed by atoms with Crippen molar-refractivity contribution in [2.24, 2.45) is 0 Å². The van der Waals surface area contributed by atoms with Gasteiger partial charge in [0.25, 0.3) is 0 Å². The van der Waals surface area contributed by atoms with Crippen molar-refractivity contribution in [3.63, 3.8) is 0 Å². The Hall–Kier alpha value is -2.86. The van der Waals surface area contributed by atoms with Crippen LogP contribution < -0.4 is 10.1 Å². The van der Waals surface area contributed by atoms with E-state index in [1.165, 1.54) is 0 Å². The van der Waals surface area contributed by atoms with Crippen LogP contribution in [0.4, 0.5) is 0 Å². The molecular formula is C22H26N2O4. The van der Waals surface area contributed by atoms with E-state index >= 15 is 0 Å². The molecule has 2 amide bonds. The summed E-state index contributed by atoms with van der Waals surface area (Å²) in [5.41, 5.74) is 1.05. The molecule has 28 heavy (non-hydrogen) atoms. The number of hydrogen-bond donors (Lipinski definition) is 1. The molecule has 2 atom stereocenters. The molecule has 2 aromatic rings. The van der Waals surface area contributed by atoms with E-state index in [0.29, 0.717) is 19.7 Å². The predicted molar refractivity (Wildman–Crippen MR) is 106 cm³/mol. The molecule has 1 N–H and O–H groups in total. The second-order valence-electron chi connectivity index (χ2n) is 6.76. The van der Waals surface area contributed by atoms with E-state index in [2.05, 4.69) is 5.32 Å². The smallest absolute Gasteiger partial charge is 0.245 e. The summed E-state index contributed by atoms with van der Waals surface area (Å²) in [6, 6.07) is 18.6. The summed E-state index contributed by atoms with van der Waals surface area (Å²) in [7, 11) is 0. The van der Waals surface area contributed by atoms with Crippen LogP contribution in [0.5, 0.6) is 5.75 Å². The van der Waals surface area contributed by atoms with E-state index in [-0.39, 0.29) is 30.9 Å². The van der Waals surface area contributed by atoms with E-state index in [1.54, 1.807) is 11.8 Å². The number of benzene rings is 2. The molecule has 3 rings (SSSR count). The van der Waals surface area contributed by atoms with Crippen molar-refractivity contribution in [3.8, 4) is 5.75 Å². The van der Waals surface area contributed by atoms with Crippen LogP contribution in [-0.2, 0) is 14.3 Å². The van der Waals surface area contributed by atoms with E-state index in [1.807, 2.05) is 60.7 Å². The van der Waals surface area contributed by atoms with Gasteiger partial charge in [0, 0.05) is 6.54 Å². The number of nitrogens with one attached hydrogen (secondary N) is 1. The van der Waals surface area contributed by atoms with Crippen LogP contribution in [0.3, 0.4) is 0 Å². The van der Waals surface area contributed by atoms with Gasteiger partial charge < -0.3 is 19.7 Å². The molecule has 148 valence electrons. The zero-order chi connectivity index (χ0) is 19.8. The van der Waals surface area contributed by atoms with Crippen molar-refractivity contribution in [2.75, 3.05) is 26.3 Å². The first kappa shape index (κ1) is 19.9.